The van der Waals surface area contributed by atoms with Crippen LogP contribution in [0.5, 0.6) is 0 Å². The molecule has 92 valence electrons. The average Bonchev–Trinajstić information content (AvgIpc) is 2.78. The molecule has 4 atom stereocenters. The van der Waals surface area contributed by atoms with Crippen LogP contribution in [0.4, 0.5) is 0 Å². The van der Waals surface area contributed by atoms with Gasteiger partial charge in [0, 0.05) is 5.41 Å². The van der Waals surface area contributed by atoms with Gasteiger partial charge in [-0.15, -0.1) is 5.54 Å². The van der Waals surface area contributed by atoms with Crippen LogP contribution in [0.2, 0.25) is 19.6 Å². The third kappa shape index (κ3) is 2.03. The summed E-state index contributed by atoms with van der Waals surface area (Å²) in [5.74, 6) is 3.98. The van der Waals surface area contributed by atoms with Gasteiger partial charge in [0.2, 0.25) is 0 Å². The number of aliphatic hydroxyl groups excluding tert-OH is 1. The fourth-order valence-electron chi connectivity index (χ4n) is 2.85. The molecule has 4 unspecified atom stereocenters. The zero-order valence-electron chi connectivity index (χ0n) is 11.2. The minimum absolute atomic E-state index is 0.230. The predicted molar refractivity (Wildman–Crippen MR) is 75.1 cm³/mol. The highest BCUT2D eigenvalue weighted by Crippen LogP contribution is 2.56. The van der Waals surface area contributed by atoms with Crippen LogP contribution in [0.25, 0.3) is 0 Å². The Labute approximate surface area is 106 Å². The highest BCUT2D eigenvalue weighted by Gasteiger charge is 2.51. The van der Waals surface area contributed by atoms with Gasteiger partial charge < -0.3 is 5.11 Å². The van der Waals surface area contributed by atoms with Crippen LogP contribution < -0.4 is 0 Å². The molecule has 2 heteroatoms. The van der Waals surface area contributed by atoms with Gasteiger partial charge in [0.1, 0.15) is 14.2 Å². The van der Waals surface area contributed by atoms with Crippen LogP contribution >= 0.6 is 0 Å². The van der Waals surface area contributed by atoms with Crippen molar-refractivity contribution in [2.24, 2.45) is 17.3 Å². The molecule has 0 heterocycles. The molecule has 0 aromatic rings. The standard InChI is InChI=1S/C15H22OSi/c1-11-12-6-7-13(10-12)15(11,2)14(16)8-9-17(3,4)5/h6-7,12-14,16H,1,10H2,2-5H3. The van der Waals surface area contributed by atoms with E-state index in [1.165, 1.54) is 5.57 Å². The molecule has 0 amide bonds. The lowest BCUT2D eigenvalue weighted by Crippen LogP contribution is -2.37. The third-order valence-corrected chi connectivity index (χ3v) is 5.04. The number of hydrogen-bond donors (Lipinski definition) is 1. The topological polar surface area (TPSA) is 20.2 Å². The zero-order valence-corrected chi connectivity index (χ0v) is 12.2. The van der Waals surface area contributed by atoms with Crippen molar-refractivity contribution in [2.75, 3.05) is 0 Å². The number of rotatable bonds is 1. The van der Waals surface area contributed by atoms with Crippen molar-refractivity contribution < 1.29 is 5.11 Å². The van der Waals surface area contributed by atoms with Gasteiger partial charge in [0.15, 0.2) is 0 Å². The maximum Gasteiger partial charge on any atom is 0.129 e. The van der Waals surface area contributed by atoms with Crippen molar-refractivity contribution >= 4 is 8.07 Å². The molecular formula is C15H22OSi. The lowest BCUT2D eigenvalue weighted by molar-refractivity contribution is 0.0930. The first-order valence-corrected chi connectivity index (χ1v) is 9.83. The number of hydrogen-bond acceptors (Lipinski definition) is 1. The van der Waals surface area contributed by atoms with E-state index in [2.05, 4.69) is 56.8 Å². The van der Waals surface area contributed by atoms with Gasteiger partial charge in [-0.05, 0) is 18.3 Å². The highest BCUT2D eigenvalue weighted by molar-refractivity contribution is 6.83. The Bertz CT molecular complexity index is 432. The molecule has 0 aromatic heterocycles. The van der Waals surface area contributed by atoms with Crippen molar-refractivity contribution in [1.29, 1.82) is 0 Å². The Morgan fingerprint density at radius 2 is 2.12 bits per heavy atom. The Balaban J connectivity index is 2.25. The Morgan fingerprint density at radius 1 is 1.47 bits per heavy atom. The molecule has 2 aliphatic rings. The van der Waals surface area contributed by atoms with Crippen LogP contribution in [-0.2, 0) is 0 Å². The first-order chi connectivity index (χ1) is 7.75. The second kappa shape index (κ2) is 3.86. The van der Waals surface area contributed by atoms with E-state index in [9.17, 15) is 5.11 Å². The SMILES string of the molecule is C=C1C2C=CC(C2)C1(C)C(O)C#C[Si](C)(C)C. The largest absolute Gasteiger partial charge is 0.379 e. The van der Waals surface area contributed by atoms with Crippen molar-refractivity contribution in [3.05, 3.63) is 24.3 Å². The normalized spacial score (nSPS) is 36.9. The van der Waals surface area contributed by atoms with E-state index in [1.54, 1.807) is 0 Å². The molecule has 0 aliphatic heterocycles. The first kappa shape index (κ1) is 12.7. The summed E-state index contributed by atoms with van der Waals surface area (Å²) < 4.78 is 0. The fourth-order valence-corrected chi connectivity index (χ4v) is 3.42. The summed E-state index contributed by atoms with van der Waals surface area (Å²) in [5.41, 5.74) is 4.22. The average molecular weight is 246 g/mol. The van der Waals surface area contributed by atoms with Crippen molar-refractivity contribution in [2.45, 2.75) is 39.1 Å². The molecule has 17 heavy (non-hydrogen) atoms. The van der Waals surface area contributed by atoms with Gasteiger partial charge in [-0.2, -0.15) is 0 Å². The van der Waals surface area contributed by atoms with Gasteiger partial charge in [-0.1, -0.05) is 56.8 Å². The molecule has 1 fully saturated rings. The highest BCUT2D eigenvalue weighted by atomic mass is 28.3. The van der Waals surface area contributed by atoms with Crippen LogP contribution in [0, 0.1) is 28.7 Å². The van der Waals surface area contributed by atoms with Crippen LogP contribution in [0.1, 0.15) is 13.3 Å². The van der Waals surface area contributed by atoms with Gasteiger partial charge >= 0.3 is 0 Å². The lowest BCUT2D eigenvalue weighted by Gasteiger charge is -2.35. The molecular weight excluding hydrogens is 224 g/mol. The molecule has 2 rings (SSSR count). The summed E-state index contributed by atoms with van der Waals surface area (Å²) >= 11 is 0. The lowest BCUT2D eigenvalue weighted by atomic mass is 9.70. The molecule has 0 saturated heterocycles. The molecule has 0 aromatic carbocycles. The van der Waals surface area contributed by atoms with Crippen LogP contribution in [0.3, 0.4) is 0 Å². The Kier molecular flexibility index (Phi) is 2.88. The van der Waals surface area contributed by atoms with Crippen molar-refractivity contribution in [3.63, 3.8) is 0 Å². The summed E-state index contributed by atoms with van der Waals surface area (Å²) in [6.07, 6.45) is 5.01. The number of fused-ring (bicyclic) bond motifs is 2. The number of allylic oxidation sites excluding steroid dienone is 2. The van der Waals surface area contributed by atoms with Gasteiger partial charge in [-0.25, -0.2) is 0 Å². The summed E-state index contributed by atoms with van der Waals surface area (Å²) in [6.45, 7) is 12.9. The van der Waals surface area contributed by atoms with E-state index >= 15 is 0 Å². The quantitative estimate of drug-likeness (QED) is 0.428. The minimum atomic E-state index is -1.42. The molecule has 1 N–H and O–H groups in total. The summed E-state index contributed by atoms with van der Waals surface area (Å²) in [6, 6.07) is 0. The molecule has 2 aliphatic carbocycles. The smallest absolute Gasteiger partial charge is 0.129 e. The van der Waals surface area contributed by atoms with E-state index in [0.29, 0.717) is 11.8 Å². The summed E-state index contributed by atoms with van der Waals surface area (Å²) in [5, 5.41) is 10.4. The monoisotopic (exact) mass is 246 g/mol. The molecule has 2 bridgehead atoms. The van der Waals surface area contributed by atoms with Gasteiger partial charge in [0.05, 0.1) is 0 Å². The summed E-state index contributed by atoms with van der Waals surface area (Å²) in [7, 11) is -1.42. The van der Waals surface area contributed by atoms with E-state index in [0.717, 1.165) is 6.42 Å². The van der Waals surface area contributed by atoms with Crippen LogP contribution in [-0.4, -0.2) is 19.3 Å². The molecule has 1 saturated carbocycles. The Morgan fingerprint density at radius 3 is 2.59 bits per heavy atom. The second-order valence-electron chi connectivity index (χ2n) is 6.56. The molecule has 0 radical (unpaired) electrons. The predicted octanol–water partition coefficient (Wildman–Crippen LogP) is 3.00. The Hall–Kier alpha value is -0.783. The molecule has 0 spiro atoms. The van der Waals surface area contributed by atoms with E-state index in [4.69, 9.17) is 0 Å². The minimum Gasteiger partial charge on any atom is -0.379 e. The van der Waals surface area contributed by atoms with Crippen LogP contribution in [0.15, 0.2) is 24.3 Å². The van der Waals surface area contributed by atoms with Crippen molar-refractivity contribution in [1.82, 2.24) is 0 Å². The van der Waals surface area contributed by atoms with Crippen molar-refractivity contribution in [3.8, 4) is 11.5 Å². The maximum absolute atomic E-state index is 10.4. The fraction of sp³-hybridized carbons (Fsp3) is 0.600. The van der Waals surface area contributed by atoms with E-state index in [-0.39, 0.29) is 5.41 Å². The zero-order chi connectivity index (χ0) is 12.8. The second-order valence-corrected chi connectivity index (χ2v) is 11.3. The maximum atomic E-state index is 10.4. The number of aliphatic hydroxyl groups is 1. The van der Waals surface area contributed by atoms with Gasteiger partial charge in [0.25, 0.3) is 0 Å². The third-order valence-electron chi connectivity index (χ3n) is 4.15. The van der Waals surface area contributed by atoms with E-state index < -0.39 is 14.2 Å². The molecule has 1 nitrogen and oxygen atoms in total. The van der Waals surface area contributed by atoms with E-state index in [1.807, 2.05) is 0 Å². The summed E-state index contributed by atoms with van der Waals surface area (Å²) in [4.78, 5) is 0. The van der Waals surface area contributed by atoms with Gasteiger partial charge in [-0.3, -0.25) is 0 Å². The first-order valence-electron chi connectivity index (χ1n) is 6.33.